The Morgan fingerprint density at radius 3 is 2.39 bits per heavy atom. The van der Waals surface area contributed by atoms with Gasteiger partial charge in [0.15, 0.2) is 0 Å². The van der Waals surface area contributed by atoms with Gasteiger partial charge in [-0.05, 0) is 47.0 Å². The molecule has 0 aliphatic rings. The summed E-state index contributed by atoms with van der Waals surface area (Å²) in [5, 5.41) is 6.92. The Morgan fingerprint density at radius 2 is 1.78 bits per heavy atom. The maximum atomic E-state index is 11.8. The summed E-state index contributed by atoms with van der Waals surface area (Å²) in [5.41, 5.74) is 2.84. The van der Waals surface area contributed by atoms with Crippen molar-refractivity contribution in [1.82, 2.24) is 10.0 Å². The van der Waals surface area contributed by atoms with E-state index in [-0.39, 0.29) is 11.7 Å². The normalized spacial score (nSPS) is 11.3. The van der Waals surface area contributed by atoms with E-state index in [4.69, 9.17) is 0 Å². The lowest BCUT2D eigenvalue weighted by Crippen LogP contribution is -2.23. The zero-order valence-electron chi connectivity index (χ0n) is 12.9. The number of amides is 1. The third-order valence-corrected chi connectivity index (χ3v) is 5.47. The smallest absolute Gasteiger partial charge is 0.220 e. The molecule has 1 amide bonds. The van der Waals surface area contributed by atoms with Gasteiger partial charge in [-0.15, -0.1) is 0 Å². The third kappa shape index (κ3) is 6.13. The largest absolute Gasteiger partial charge is 0.352 e. The number of aryl methyl sites for hydroxylation is 1. The lowest BCUT2D eigenvalue weighted by Gasteiger charge is -2.07. The molecule has 5 nitrogen and oxygen atoms in total. The summed E-state index contributed by atoms with van der Waals surface area (Å²) in [5.74, 6) is -0.0328. The van der Waals surface area contributed by atoms with E-state index in [1.165, 1.54) is 12.6 Å². The maximum absolute atomic E-state index is 11.8. The molecule has 2 N–H and O–H groups in total. The Hall–Kier alpha value is -1.70. The van der Waals surface area contributed by atoms with Crippen molar-refractivity contribution in [3.05, 3.63) is 57.8 Å². The summed E-state index contributed by atoms with van der Waals surface area (Å²) in [6, 6.07) is 9.22. The van der Waals surface area contributed by atoms with E-state index in [1.807, 2.05) is 29.0 Å². The fraction of sp³-hybridized carbons (Fsp3) is 0.312. The Kier molecular flexibility index (Phi) is 6.32. The molecule has 1 aromatic heterocycles. The van der Waals surface area contributed by atoms with Gasteiger partial charge in [-0.3, -0.25) is 4.79 Å². The maximum Gasteiger partial charge on any atom is 0.220 e. The van der Waals surface area contributed by atoms with Crippen LogP contribution in [0.1, 0.15) is 23.1 Å². The standard InChI is InChI=1S/C16H20N2O3S2/c1-17-23(20,21)12-15-4-2-13(3-5-15)10-18-16(19)7-6-14-8-9-22-11-14/h2-5,8-9,11,17H,6-7,10,12H2,1H3,(H,18,19). The number of nitrogens with one attached hydrogen (secondary N) is 2. The Balaban J connectivity index is 1.78. The number of rotatable bonds is 8. The third-order valence-electron chi connectivity index (χ3n) is 3.40. The van der Waals surface area contributed by atoms with Crippen LogP contribution in [0.2, 0.25) is 0 Å². The van der Waals surface area contributed by atoms with Crippen molar-refractivity contribution < 1.29 is 13.2 Å². The van der Waals surface area contributed by atoms with Crippen molar-refractivity contribution in [2.75, 3.05) is 7.05 Å². The van der Waals surface area contributed by atoms with Crippen LogP contribution < -0.4 is 10.0 Å². The predicted octanol–water partition coefficient (Wildman–Crippen LogP) is 2.05. The number of hydrogen-bond donors (Lipinski definition) is 2. The molecule has 0 saturated heterocycles. The van der Waals surface area contributed by atoms with E-state index in [0.29, 0.717) is 18.5 Å². The second kappa shape index (κ2) is 8.24. The second-order valence-corrected chi connectivity index (χ2v) is 7.89. The molecule has 0 atom stereocenters. The topological polar surface area (TPSA) is 75.3 Å². The van der Waals surface area contributed by atoms with Gasteiger partial charge in [0.2, 0.25) is 15.9 Å². The van der Waals surface area contributed by atoms with Crippen LogP contribution in [0.3, 0.4) is 0 Å². The number of sulfonamides is 1. The number of carbonyl (C=O) groups is 1. The Morgan fingerprint density at radius 1 is 1.09 bits per heavy atom. The molecular formula is C16H20N2O3S2. The SMILES string of the molecule is CNS(=O)(=O)Cc1ccc(CNC(=O)CCc2ccsc2)cc1. The fourth-order valence-corrected chi connectivity index (χ4v) is 3.51. The molecule has 1 aromatic carbocycles. The van der Waals surface area contributed by atoms with Crippen molar-refractivity contribution in [1.29, 1.82) is 0 Å². The molecular weight excluding hydrogens is 332 g/mol. The second-order valence-electron chi connectivity index (χ2n) is 5.19. The average molecular weight is 352 g/mol. The molecule has 0 radical (unpaired) electrons. The highest BCUT2D eigenvalue weighted by molar-refractivity contribution is 7.88. The molecule has 0 aliphatic heterocycles. The van der Waals surface area contributed by atoms with Crippen LogP contribution in [0.15, 0.2) is 41.1 Å². The van der Waals surface area contributed by atoms with Crippen LogP contribution >= 0.6 is 11.3 Å². The van der Waals surface area contributed by atoms with E-state index in [2.05, 4.69) is 10.0 Å². The molecule has 2 aromatic rings. The summed E-state index contributed by atoms with van der Waals surface area (Å²) < 4.78 is 25.2. The molecule has 7 heteroatoms. The van der Waals surface area contributed by atoms with E-state index in [0.717, 1.165) is 12.0 Å². The highest BCUT2D eigenvalue weighted by Gasteiger charge is 2.08. The molecule has 2 rings (SSSR count). The van der Waals surface area contributed by atoms with Crippen molar-refractivity contribution in [2.45, 2.75) is 25.1 Å². The van der Waals surface area contributed by atoms with Gasteiger partial charge in [-0.25, -0.2) is 13.1 Å². The van der Waals surface area contributed by atoms with Crippen molar-refractivity contribution in [2.24, 2.45) is 0 Å². The van der Waals surface area contributed by atoms with E-state index in [1.54, 1.807) is 23.5 Å². The Bertz CT molecular complexity index is 723. The molecule has 1 heterocycles. The number of hydrogen-bond acceptors (Lipinski definition) is 4. The summed E-state index contributed by atoms with van der Waals surface area (Å²) >= 11 is 1.63. The molecule has 0 fully saturated rings. The first kappa shape index (κ1) is 17.7. The van der Waals surface area contributed by atoms with E-state index in [9.17, 15) is 13.2 Å². The summed E-state index contributed by atoms with van der Waals surface area (Å²) in [7, 11) is -1.86. The van der Waals surface area contributed by atoms with Crippen LogP contribution in [-0.4, -0.2) is 21.4 Å². The van der Waals surface area contributed by atoms with Crippen molar-refractivity contribution in [3.8, 4) is 0 Å². The fourth-order valence-electron chi connectivity index (χ4n) is 2.03. The Labute approximate surface area is 140 Å². The number of carbonyl (C=O) groups excluding carboxylic acids is 1. The lowest BCUT2D eigenvalue weighted by atomic mass is 10.1. The van der Waals surface area contributed by atoms with Gasteiger partial charge >= 0.3 is 0 Å². The van der Waals surface area contributed by atoms with E-state index >= 15 is 0 Å². The van der Waals surface area contributed by atoms with Gasteiger partial charge in [0.05, 0.1) is 5.75 Å². The first-order valence-corrected chi connectivity index (χ1v) is 9.85. The van der Waals surface area contributed by atoms with Gasteiger partial charge in [-0.2, -0.15) is 11.3 Å². The van der Waals surface area contributed by atoms with Gasteiger partial charge in [0.1, 0.15) is 0 Å². The summed E-state index contributed by atoms with van der Waals surface area (Å²) in [6.07, 6.45) is 1.21. The highest BCUT2D eigenvalue weighted by Crippen LogP contribution is 2.09. The molecule has 0 aliphatic carbocycles. The van der Waals surface area contributed by atoms with Crippen LogP contribution in [0.4, 0.5) is 0 Å². The van der Waals surface area contributed by atoms with Crippen LogP contribution in [0, 0.1) is 0 Å². The minimum atomic E-state index is -3.26. The first-order chi connectivity index (χ1) is 11.0. The number of benzene rings is 1. The lowest BCUT2D eigenvalue weighted by molar-refractivity contribution is -0.121. The molecule has 0 bridgehead atoms. The molecule has 0 saturated carbocycles. The minimum absolute atomic E-state index is 0.0121. The monoisotopic (exact) mass is 352 g/mol. The zero-order valence-corrected chi connectivity index (χ0v) is 14.5. The summed E-state index contributed by atoms with van der Waals surface area (Å²) in [6.45, 7) is 0.446. The van der Waals surface area contributed by atoms with Crippen LogP contribution in [0.25, 0.3) is 0 Å². The number of thiophene rings is 1. The van der Waals surface area contributed by atoms with E-state index < -0.39 is 10.0 Å². The molecule has 0 unspecified atom stereocenters. The highest BCUT2D eigenvalue weighted by atomic mass is 32.2. The van der Waals surface area contributed by atoms with Gasteiger partial charge in [0, 0.05) is 13.0 Å². The van der Waals surface area contributed by atoms with Crippen molar-refractivity contribution >= 4 is 27.3 Å². The predicted molar refractivity (Wildman–Crippen MR) is 92.6 cm³/mol. The molecule has 23 heavy (non-hydrogen) atoms. The quantitative estimate of drug-likeness (QED) is 0.763. The van der Waals surface area contributed by atoms with Gasteiger partial charge in [-0.1, -0.05) is 24.3 Å². The summed E-state index contributed by atoms with van der Waals surface area (Å²) in [4.78, 5) is 11.8. The van der Waals surface area contributed by atoms with Gasteiger partial charge < -0.3 is 5.32 Å². The minimum Gasteiger partial charge on any atom is -0.352 e. The van der Waals surface area contributed by atoms with Gasteiger partial charge in [0.25, 0.3) is 0 Å². The first-order valence-electron chi connectivity index (χ1n) is 7.25. The molecule has 124 valence electrons. The van der Waals surface area contributed by atoms with Crippen molar-refractivity contribution in [3.63, 3.8) is 0 Å². The van der Waals surface area contributed by atoms with Crippen LogP contribution in [-0.2, 0) is 33.5 Å². The average Bonchev–Trinajstić information content (AvgIpc) is 3.05. The zero-order chi connectivity index (χ0) is 16.7. The molecule has 0 spiro atoms. The van der Waals surface area contributed by atoms with Crippen LogP contribution in [0.5, 0.6) is 0 Å².